The number of carbonyl (C=O) groups excluding carboxylic acids is 1. The first kappa shape index (κ1) is 13.6. The van der Waals surface area contributed by atoms with E-state index in [-0.39, 0.29) is 12.5 Å². The van der Waals surface area contributed by atoms with Crippen molar-refractivity contribution in [3.05, 3.63) is 22.4 Å². The van der Waals surface area contributed by atoms with Crippen LogP contribution in [0.4, 0.5) is 0 Å². The molecule has 1 amide bonds. The van der Waals surface area contributed by atoms with E-state index in [2.05, 4.69) is 5.32 Å². The summed E-state index contributed by atoms with van der Waals surface area (Å²) in [4.78, 5) is 11.8. The molecule has 1 aromatic heterocycles. The van der Waals surface area contributed by atoms with Gasteiger partial charge in [0.05, 0.1) is 6.54 Å². The van der Waals surface area contributed by atoms with Gasteiger partial charge in [-0.2, -0.15) is 11.3 Å². The predicted molar refractivity (Wildman–Crippen MR) is 73.5 cm³/mol. The van der Waals surface area contributed by atoms with Gasteiger partial charge in [0.25, 0.3) is 0 Å². The van der Waals surface area contributed by atoms with Gasteiger partial charge in [0.1, 0.15) is 5.60 Å². The van der Waals surface area contributed by atoms with Gasteiger partial charge >= 0.3 is 0 Å². The van der Waals surface area contributed by atoms with E-state index >= 15 is 0 Å². The fraction of sp³-hybridized carbons (Fsp3) is 0.643. The van der Waals surface area contributed by atoms with Crippen LogP contribution in [0.5, 0.6) is 0 Å². The number of hydrogen-bond acceptors (Lipinski definition) is 3. The molecule has 100 valence electrons. The first-order valence-electron chi connectivity index (χ1n) is 6.60. The van der Waals surface area contributed by atoms with Crippen molar-refractivity contribution in [1.82, 2.24) is 5.32 Å². The van der Waals surface area contributed by atoms with Crippen LogP contribution in [0.3, 0.4) is 0 Å². The summed E-state index contributed by atoms with van der Waals surface area (Å²) in [5.41, 5.74) is -0.0978. The van der Waals surface area contributed by atoms with Crippen LogP contribution in [0.2, 0.25) is 0 Å². The van der Waals surface area contributed by atoms with Crippen molar-refractivity contribution in [3.63, 3.8) is 0 Å². The van der Waals surface area contributed by atoms with Crippen LogP contribution in [0.15, 0.2) is 16.8 Å². The molecule has 0 saturated heterocycles. The minimum Gasteiger partial charge on any atom is -0.384 e. The lowest BCUT2D eigenvalue weighted by molar-refractivity contribution is -0.123. The maximum atomic E-state index is 11.8. The average molecular weight is 267 g/mol. The molecule has 1 unspecified atom stereocenters. The zero-order valence-electron chi connectivity index (χ0n) is 10.8. The molecule has 0 spiro atoms. The minimum atomic E-state index is -0.967. The zero-order valence-corrected chi connectivity index (χ0v) is 11.6. The predicted octanol–water partition coefficient (Wildman–Crippen LogP) is 2.65. The number of nitrogens with one attached hydrogen (secondary N) is 1. The van der Waals surface area contributed by atoms with E-state index in [9.17, 15) is 9.90 Å². The van der Waals surface area contributed by atoms with E-state index in [1.807, 2.05) is 16.8 Å². The highest BCUT2D eigenvalue weighted by Crippen LogP contribution is 2.27. The summed E-state index contributed by atoms with van der Waals surface area (Å²) in [6.07, 6.45) is 5.47. The molecule has 1 aromatic rings. The summed E-state index contributed by atoms with van der Waals surface area (Å²) in [6.45, 7) is 2.03. The summed E-state index contributed by atoms with van der Waals surface area (Å²) in [6, 6.07) is 1.90. The molecule has 0 aliphatic heterocycles. The van der Waals surface area contributed by atoms with Crippen molar-refractivity contribution in [2.24, 2.45) is 5.92 Å². The van der Waals surface area contributed by atoms with Gasteiger partial charge in [-0.05, 0) is 48.1 Å². The molecule has 2 N–H and O–H groups in total. The van der Waals surface area contributed by atoms with E-state index in [4.69, 9.17) is 0 Å². The fourth-order valence-electron chi connectivity index (χ4n) is 2.49. The third-order valence-corrected chi connectivity index (χ3v) is 4.40. The van der Waals surface area contributed by atoms with Crippen molar-refractivity contribution >= 4 is 17.2 Å². The number of rotatable bonds is 5. The van der Waals surface area contributed by atoms with Crippen molar-refractivity contribution < 1.29 is 9.90 Å². The Balaban J connectivity index is 1.78. The molecule has 1 aliphatic carbocycles. The van der Waals surface area contributed by atoms with E-state index in [0.717, 1.165) is 5.56 Å². The van der Waals surface area contributed by atoms with Gasteiger partial charge in [0, 0.05) is 6.42 Å². The summed E-state index contributed by atoms with van der Waals surface area (Å²) in [5.74, 6) is 0.619. The Hall–Kier alpha value is -0.870. The normalized spacial score (nSPS) is 19.7. The van der Waals surface area contributed by atoms with Gasteiger partial charge in [0.2, 0.25) is 5.91 Å². The maximum absolute atomic E-state index is 11.8. The molecule has 1 fully saturated rings. The standard InChI is InChI=1S/C14H21NO2S/c1-14(17,12-6-7-18-9-12)10-15-13(16)8-11-4-2-3-5-11/h6-7,9,11,17H,2-5,8,10H2,1H3,(H,15,16). The largest absolute Gasteiger partial charge is 0.384 e. The molecule has 4 heteroatoms. The molecule has 1 atom stereocenters. The third-order valence-electron chi connectivity index (χ3n) is 3.72. The SMILES string of the molecule is CC(O)(CNC(=O)CC1CCCC1)c1ccsc1. The van der Waals surface area contributed by atoms with Gasteiger partial charge in [0.15, 0.2) is 0 Å². The smallest absolute Gasteiger partial charge is 0.220 e. The first-order chi connectivity index (χ1) is 8.58. The van der Waals surface area contributed by atoms with Crippen LogP contribution < -0.4 is 5.32 Å². The maximum Gasteiger partial charge on any atom is 0.220 e. The lowest BCUT2D eigenvalue weighted by Gasteiger charge is -2.23. The van der Waals surface area contributed by atoms with Crippen molar-refractivity contribution in [2.45, 2.75) is 44.6 Å². The highest BCUT2D eigenvalue weighted by Gasteiger charge is 2.25. The minimum absolute atomic E-state index is 0.0670. The number of aliphatic hydroxyl groups is 1. The molecule has 0 radical (unpaired) electrons. The molecule has 2 rings (SSSR count). The molecule has 18 heavy (non-hydrogen) atoms. The molecule has 1 saturated carbocycles. The second-order valence-corrected chi connectivity index (χ2v) is 6.20. The summed E-state index contributed by atoms with van der Waals surface area (Å²) in [7, 11) is 0. The lowest BCUT2D eigenvalue weighted by Crippen LogP contribution is -2.38. The molecule has 3 nitrogen and oxygen atoms in total. The number of amides is 1. The molecule has 0 bridgehead atoms. The van der Waals surface area contributed by atoms with Crippen LogP contribution in [-0.4, -0.2) is 17.6 Å². The Morgan fingerprint density at radius 1 is 1.56 bits per heavy atom. The summed E-state index contributed by atoms with van der Waals surface area (Å²) in [5, 5.41) is 17.0. The van der Waals surface area contributed by atoms with Gasteiger partial charge in [-0.1, -0.05) is 12.8 Å². The Labute approximate surface area is 112 Å². The average Bonchev–Trinajstić information content (AvgIpc) is 2.99. The molecule has 1 heterocycles. The van der Waals surface area contributed by atoms with Crippen molar-refractivity contribution in [2.75, 3.05) is 6.54 Å². The second-order valence-electron chi connectivity index (χ2n) is 5.42. The van der Waals surface area contributed by atoms with Crippen molar-refractivity contribution in [3.8, 4) is 0 Å². The highest BCUT2D eigenvalue weighted by molar-refractivity contribution is 7.08. The number of thiophene rings is 1. The lowest BCUT2D eigenvalue weighted by atomic mass is 9.98. The number of carbonyl (C=O) groups is 1. The molecule has 0 aromatic carbocycles. The van der Waals surface area contributed by atoms with E-state index in [1.54, 1.807) is 18.3 Å². The van der Waals surface area contributed by atoms with E-state index in [0.29, 0.717) is 12.3 Å². The van der Waals surface area contributed by atoms with Gasteiger partial charge in [-0.3, -0.25) is 4.79 Å². The Morgan fingerprint density at radius 2 is 2.28 bits per heavy atom. The highest BCUT2D eigenvalue weighted by atomic mass is 32.1. The van der Waals surface area contributed by atoms with Crippen LogP contribution >= 0.6 is 11.3 Å². The monoisotopic (exact) mass is 267 g/mol. The zero-order chi connectivity index (χ0) is 13.0. The van der Waals surface area contributed by atoms with E-state index in [1.165, 1.54) is 25.7 Å². The van der Waals surface area contributed by atoms with Crippen LogP contribution in [-0.2, 0) is 10.4 Å². The summed E-state index contributed by atoms with van der Waals surface area (Å²) >= 11 is 1.55. The van der Waals surface area contributed by atoms with Crippen LogP contribution in [0, 0.1) is 5.92 Å². The first-order valence-corrected chi connectivity index (χ1v) is 7.54. The quantitative estimate of drug-likeness (QED) is 0.861. The Morgan fingerprint density at radius 3 is 2.89 bits per heavy atom. The van der Waals surface area contributed by atoms with Crippen molar-refractivity contribution in [1.29, 1.82) is 0 Å². The molecular formula is C14H21NO2S. The van der Waals surface area contributed by atoms with Crippen LogP contribution in [0.25, 0.3) is 0 Å². The Bertz CT molecular complexity index is 381. The summed E-state index contributed by atoms with van der Waals surface area (Å²) < 4.78 is 0. The third kappa shape index (κ3) is 3.56. The van der Waals surface area contributed by atoms with Crippen LogP contribution in [0.1, 0.15) is 44.6 Å². The molecule has 1 aliphatic rings. The fourth-order valence-corrected chi connectivity index (χ4v) is 3.28. The van der Waals surface area contributed by atoms with Gasteiger partial charge in [-0.25, -0.2) is 0 Å². The van der Waals surface area contributed by atoms with Gasteiger partial charge < -0.3 is 10.4 Å². The molecular weight excluding hydrogens is 246 g/mol. The van der Waals surface area contributed by atoms with Gasteiger partial charge in [-0.15, -0.1) is 0 Å². The second kappa shape index (κ2) is 5.85. The topological polar surface area (TPSA) is 49.3 Å². The Kier molecular flexibility index (Phi) is 4.40. The van der Waals surface area contributed by atoms with E-state index < -0.39 is 5.60 Å². The number of hydrogen-bond donors (Lipinski definition) is 2.